The Hall–Kier alpha value is -2.45. The highest BCUT2D eigenvalue weighted by molar-refractivity contribution is 5.75. The third kappa shape index (κ3) is 2.97. The summed E-state index contributed by atoms with van der Waals surface area (Å²) in [6.07, 6.45) is 0.418. The minimum absolute atomic E-state index is 0.184. The molecule has 5 rings (SSSR count). The molecular formula is C21H23N3O4. The second kappa shape index (κ2) is 7.18. The lowest BCUT2D eigenvalue weighted by Crippen LogP contribution is -2.57. The quantitative estimate of drug-likeness (QED) is 0.703. The molecule has 7 nitrogen and oxygen atoms in total. The van der Waals surface area contributed by atoms with E-state index in [1.807, 2.05) is 53.1 Å². The maximum Gasteiger partial charge on any atom is 0.181 e. The summed E-state index contributed by atoms with van der Waals surface area (Å²) in [4.78, 5) is 4.45. The van der Waals surface area contributed by atoms with Gasteiger partial charge in [0.05, 0.1) is 43.2 Å². The second-order valence-corrected chi connectivity index (χ2v) is 7.26. The van der Waals surface area contributed by atoms with E-state index in [2.05, 4.69) is 10.3 Å². The Kier molecular flexibility index (Phi) is 4.52. The van der Waals surface area contributed by atoms with Crippen LogP contribution in [0.1, 0.15) is 11.6 Å². The molecule has 146 valence electrons. The molecule has 2 N–H and O–H groups in total. The summed E-state index contributed by atoms with van der Waals surface area (Å²) >= 11 is 0. The number of nitrogens with zero attached hydrogens (tertiary/aromatic N) is 2. The van der Waals surface area contributed by atoms with Crippen LogP contribution in [0.3, 0.4) is 0 Å². The van der Waals surface area contributed by atoms with Gasteiger partial charge >= 0.3 is 0 Å². The van der Waals surface area contributed by atoms with Crippen LogP contribution in [0.25, 0.3) is 11.0 Å². The van der Waals surface area contributed by atoms with Crippen molar-refractivity contribution in [3.8, 4) is 5.75 Å². The van der Waals surface area contributed by atoms with E-state index in [1.54, 1.807) is 13.4 Å². The Morgan fingerprint density at radius 3 is 3.04 bits per heavy atom. The Morgan fingerprint density at radius 1 is 1.25 bits per heavy atom. The second-order valence-electron chi connectivity index (χ2n) is 7.26. The van der Waals surface area contributed by atoms with Gasteiger partial charge in [0.1, 0.15) is 17.9 Å². The summed E-state index contributed by atoms with van der Waals surface area (Å²) in [5.74, 6) is 0.812. The van der Waals surface area contributed by atoms with Crippen LogP contribution in [0.15, 0.2) is 54.9 Å². The summed E-state index contributed by atoms with van der Waals surface area (Å²) < 4.78 is 19.2. The molecular weight excluding hydrogens is 358 g/mol. The normalized spacial score (nSPS) is 29.3. The predicted octanol–water partition coefficient (Wildman–Crippen LogP) is 1.86. The molecule has 0 saturated carbocycles. The topological polar surface area (TPSA) is 77.8 Å². The fourth-order valence-corrected chi connectivity index (χ4v) is 4.18. The van der Waals surface area contributed by atoms with Gasteiger partial charge in [0.15, 0.2) is 6.29 Å². The van der Waals surface area contributed by atoms with Crippen molar-refractivity contribution in [2.75, 3.05) is 13.7 Å². The standard InChI is InChI=1S/C21H23N3O4/c1-26-14-6-4-5-13(9-14)10-22-18-17-11-27-21(28-17)19(20(18)25)24-12-23-15-7-2-3-8-16(15)24/h2-9,12,17-22,25H,10-11H2,1H3. The smallest absolute Gasteiger partial charge is 0.181 e. The molecule has 2 aliphatic rings. The lowest BCUT2D eigenvalue weighted by Gasteiger charge is -2.39. The Morgan fingerprint density at radius 2 is 2.14 bits per heavy atom. The van der Waals surface area contributed by atoms with E-state index in [4.69, 9.17) is 14.2 Å². The molecule has 2 aliphatic heterocycles. The number of hydrogen-bond acceptors (Lipinski definition) is 6. The van der Waals surface area contributed by atoms with Crippen molar-refractivity contribution in [1.29, 1.82) is 0 Å². The van der Waals surface area contributed by atoms with E-state index in [9.17, 15) is 5.11 Å². The number of methoxy groups -OCH3 is 1. The number of hydrogen-bond donors (Lipinski definition) is 2. The molecule has 0 amide bonds. The lowest BCUT2D eigenvalue weighted by atomic mass is 9.95. The van der Waals surface area contributed by atoms with Crippen LogP contribution in [-0.4, -0.2) is 52.9 Å². The monoisotopic (exact) mass is 381 g/mol. The number of imidazole rings is 1. The van der Waals surface area contributed by atoms with Crippen LogP contribution in [0.2, 0.25) is 0 Å². The van der Waals surface area contributed by atoms with Crippen LogP contribution >= 0.6 is 0 Å². The van der Waals surface area contributed by atoms with E-state index < -0.39 is 12.4 Å². The van der Waals surface area contributed by atoms with E-state index in [0.717, 1.165) is 22.3 Å². The van der Waals surface area contributed by atoms with Gasteiger partial charge in [-0.3, -0.25) is 0 Å². The van der Waals surface area contributed by atoms with E-state index in [-0.39, 0.29) is 18.2 Å². The van der Waals surface area contributed by atoms with Crippen LogP contribution in [0, 0.1) is 0 Å². The largest absolute Gasteiger partial charge is 0.497 e. The zero-order valence-electron chi connectivity index (χ0n) is 15.6. The number of aliphatic hydroxyl groups is 1. The third-order valence-corrected chi connectivity index (χ3v) is 5.61. The van der Waals surface area contributed by atoms with Crippen molar-refractivity contribution in [2.24, 2.45) is 0 Å². The van der Waals surface area contributed by atoms with Gasteiger partial charge in [-0.1, -0.05) is 24.3 Å². The first-order valence-corrected chi connectivity index (χ1v) is 9.47. The van der Waals surface area contributed by atoms with Gasteiger partial charge < -0.3 is 29.2 Å². The molecule has 2 aromatic carbocycles. The number of para-hydroxylation sites is 2. The van der Waals surface area contributed by atoms with Gasteiger partial charge in [0.2, 0.25) is 0 Å². The molecule has 1 aromatic heterocycles. The summed E-state index contributed by atoms with van der Waals surface area (Å²) in [7, 11) is 1.65. The number of nitrogens with one attached hydrogen (secondary N) is 1. The molecule has 5 unspecified atom stereocenters. The number of fused-ring (bicyclic) bond motifs is 3. The molecule has 28 heavy (non-hydrogen) atoms. The summed E-state index contributed by atoms with van der Waals surface area (Å²) in [6.45, 7) is 1.06. The van der Waals surface area contributed by atoms with Crippen LogP contribution in [0.4, 0.5) is 0 Å². The first-order valence-electron chi connectivity index (χ1n) is 9.47. The molecule has 0 radical (unpaired) electrons. The van der Waals surface area contributed by atoms with Crippen molar-refractivity contribution in [2.45, 2.75) is 37.1 Å². The van der Waals surface area contributed by atoms with E-state index in [1.165, 1.54) is 0 Å². The number of ether oxygens (including phenoxy) is 3. The summed E-state index contributed by atoms with van der Waals surface area (Å²) in [5.41, 5.74) is 2.92. The minimum Gasteiger partial charge on any atom is -0.497 e. The number of rotatable bonds is 5. The molecule has 3 aromatic rings. The third-order valence-electron chi connectivity index (χ3n) is 5.61. The van der Waals surface area contributed by atoms with Gasteiger partial charge in [-0.05, 0) is 29.8 Å². The predicted molar refractivity (Wildman–Crippen MR) is 103 cm³/mol. The Bertz CT molecular complexity index is 975. The molecule has 2 fully saturated rings. The van der Waals surface area contributed by atoms with Gasteiger partial charge in [0.25, 0.3) is 0 Å². The van der Waals surface area contributed by atoms with Crippen LogP contribution in [-0.2, 0) is 16.0 Å². The van der Waals surface area contributed by atoms with E-state index in [0.29, 0.717) is 13.2 Å². The SMILES string of the molecule is COc1cccc(CNC2C3COC(O3)C(n3cnc4ccccc43)C2O)c1. The van der Waals surface area contributed by atoms with Gasteiger partial charge in [-0.2, -0.15) is 0 Å². The molecule has 2 saturated heterocycles. The first-order chi connectivity index (χ1) is 13.7. The van der Waals surface area contributed by atoms with Gasteiger partial charge in [-0.25, -0.2) is 4.98 Å². The fraction of sp³-hybridized carbons (Fsp3) is 0.381. The molecule has 5 atom stereocenters. The van der Waals surface area contributed by atoms with Crippen LogP contribution in [0.5, 0.6) is 5.75 Å². The Balaban J connectivity index is 1.40. The highest BCUT2D eigenvalue weighted by Crippen LogP contribution is 2.37. The highest BCUT2D eigenvalue weighted by atomic mass is 16.7. The average Bonchev–Trinajstić information content (AvgIpc) is 3.34. The number of aliphatic hydroxyl groups excluding tert-OH is 1. The summed E-state index contributed by atoms with van der Waals surface area (Å²) in [5, 5.41) is 14.7. The van der Waals surface area contributed by atoms with Crippen molar-refractivity contribution in [1.82, 2.24) is 14.9 Å². The van der Waals surface area contributed by atoms with Gasteiger partial charge in [-0.15, -0.1) is 0 Å². The zero-order chi connectivity index (χ0) is 19.1. The number of benzene rings is 2. The summed E-state index contributed by atoms with van der Waals surface area (Å²) in [6, 6.07) is 15.1. The average molecular weight is 381 g/mol. The van der Waals surface area contributed by atoms with Crippen molar-refractivity contribution in [3.05, 3.63) is 60.4 Å². The molecule has 0 aliphatic carbocycles. The number of aromatic nitrogens is 2. The maximum atomic E-state index is 11.2. The minimum atomic E-state index is -0.672. The molecule has 3 heterocycles. The van der Waals surface area contributed by atoms with Crippen molar-refractivity contribution < 1.29 is 19.3 Å². The first kappa shape index (κ1) is 17.6. The van der Waals surface area contributed by atoms with Crippen LogP contribution < -0.4 is 10.1 Å². The zero-order valence-corrected chi connectivity index (χ0v) is 15.6. The maximum absolute atomic E-state index is 11.2. The highest BCUT2D eigenvalue weighted by Gasteiger charge is 2.50. The molecule has 2 bridgehead atoms. The van der Waals surface area contributed by atoms with E-state index >= 15 is 0 Å². The lowest BCUT2D eigenvalue weighted by molar-refractivity contribution is -0.164. The van der Waals surface area contributed by atoms with Crippen molar-refractivity contribution in [3.63, 3.8) is 0 Å². The van der Waals surface area contributed by atoms with Gasteiger partial charge in [0, 0.05) is 6.54 Å². The van der Waals surface area contributed by atoms with Crippen molar-refractivity contribution >= 4 is 11.0 Å². The Labute approximate surface area is 162 Å². The molecule has 7 heteroatoms. The molecule has 0 spiro atoms. The fourth-order valence-electron chi connectivity index (χ4n) is 4.18.